The van der Waals surface area contributed by atoms with Crippen molar-refractivity contribution in [1.82, 2.24) is 15.0 Å². The van der Waals surface area contributed by atoms with E-state index in [1.807, 2.05) is 0 Å². The van der Waals surface area contributed by atoms with Gasteiger partial charge < -0.3 is 34.9 Å². The Kier molecular flexibility index (Phi) is 5.78. The van der Waals surface area contributed by atoms with E-state index in [0.29, 0.717) is 52.1 Å². The van der Waals surface area contributed by atoms with Crippen molar-refractivity contribution in [3.05, 3.63) is 36.5 Å². The number of carbonyl (C=O) groups excluding carboxylic acids is 1. The Morgan fingerprint density at radius 2 is 1.64 bits per heavy atom. The van der Waals surface area contributed by atoms with Crippen LogP contribution in [0.4, 0.5) is 29.1 Å². The normalized spacial score (nSPS) is 13.8. The molecule has 0 spiro atoms. The number of aromatic nitrogens is 3. The third-order valence-corrected chi connectivity index (χ3v) is 4.83. The SMILES string of the molecule is COc1cc(Nc2nccc(Nc3ccc4c(n3)NC(=O)C(C)(C)O4)n2)cc(OC)c1OC. The van der Waals surface area contributed by atoms with Crippen molar-refractivity contribution in [1.29, 1.82) is 0 Å². The first-order chi connectivity index (χ1) is 15.8. The first kappa shape index (κ1) is 21.9. The lowest BCUT2D eigenvalue weighted by Gasteiger charge is -2.30. The Morgan fingerprint density at radius 3 is 2.30 bits per heavy atom. The minimum absolute atomic E-state index is 0.265. The molecule has 0 bridgehead atoms. The Hall–Kier alpha value is -4.28. The van der Waals surface area contributed by atoms with Crippen LogP contribution >= 0.6 is 0 Å². The number of hydrogen-bond acceptors (Lipinski definition) is 10. The first-order valence-corrected chi connectivity index (χ1v) is 10.0. The second-order valence-electron chi connectivity index (χ2n) is 7.54. The van der Waals surface area contributed by atoms with Crippen molar-refractivity contribution in [3.63, 3.8) is 0 Å². The third-order valence-electron chi connectivity index (χ3n) is 4.83. The molecule has 0 radical (unpaired) electrons. The molecule has 0 saturated carbocycles. The fourth-order valence-electron chi connectivity index (χ4n) is 3.17. The summed E-state index contributed by atoms with van der Waals surface area (Å²) in [6, 6.07) is 8.67. The molecule has 3 aromatic rings. The standard InChI is InChI=1S/C22H24N6O5/c1-22(2)20(29)28-19-13(33-22)6-7-16(26-19)25-17-8-9-23-21(27-17)24-12-10-14(30-3)18(32-5)15(11-12)31-4/h6-11H,1-5H3,(H3,23,24,25,26,27,28,29). The van der Waals surface area contributed by atoms with Gasteiger partial charge >= 0.3 is 0 Å². The van der Waals surface area contributed by atoms with E-state index in [2.05, 4.69) is 30.9 Å². The van der Waals surface area contributed by atoms with Gasteiger partial charge in [-0.15, -0.1) is 0 Å². The van der Waals surface area contributed by atoms with Gasteiger partial charge in [-0.3, -0.25) is 4.79 Å². The topological polar surface area (TPSA) is 129 Å². The van der Waals surface area contributed by atoms with Crippen LogP contribution < -0.4 is 34.9 Å². The summed E-state index contributed by atoms with van der Waals surface area (Å²) in [4.78, 5) is 25.3. The number of amides is 1. The van der Waals surface area contributed by atoms with Crippen LogP contribution in [0.1, 0.15) is 13.8 Å². The highest BCUT2D eigenvalue weighted by atomic mass is 16.5. The van der Waals surface area contributed by atoms with E-state index in [0.717, 1.165) is 0 Å². The third kappa shape index (κ3) is 4.52. The average Bonchev–Trinajstić information content (AvgIpc) is 2.79. The van der Waals surface area contributed by atoms with Crippen molar-refractivity contribution in [2.45, 2.75) is 19.4 Å². The number of benzene rings is 1. The molecule has 11 nitrogen and oxygen atoms in total. The van der Waals surface area contributed by atoms with E-state index >= 15 is 0 Å². The van der Waals surface area contributed by atoms with Crippen LogP contribution in [0.3, 0.4) is 0 Å². The zero-order valence-electron chi connectivity index (χ0n) is 18.8. The number of methoxy groups -OCH3 is 3. The first-order valence-electron chi connectivity index (χ1n) is 10.0. The fourth-order valence-corrected chi connectivity index (χ4v) is 3.17. The maximum atomic E-state index is 12.1. The van der Waals surface area contributed by atoms with Crippen molar-refractivity contribution in [3.8, 4) is 23.0 Å². The summed E-state index contributed by atoms with van der Waals surface area (Å²) in [5, 5.41) is 8.98. The summed E-state index contributed by atoms with van der Waals surface area (Å²) in [6.07, 6.45) is 1.60. The molecule has 0 unspecified atom stereocenters. The minimum Gasteiger partial charge on any atom is -0.493 e. The smallest absolute Gasteiger partial charge is 0.269 e. The molecule has 1 aliphatic heterocycles. The van der Waals surface area contributed by atoms with Crippen molar-refractivity contribution in [2.75, 3.05) is 37.3 Å². The molecule has 1 aliphatic rings. The van der Waals surface area contributed by atoms with Crippen molar-refractivity contribution < 1.29 is 23.7 Å². The molecule has 0 aliphatic carbocycles. The van der Waals surface area contributed by atoms with Crippen LogP contribution in [-0.2, 0) is 4.79 Å². The molecule has 0 saturated heterocycles. The number of nitrogens with zero attached hydrogens (tertiary/aromatic N) is 3. The number of nitrogens with one attached hydrogen (secondary N) is 3. The van der Waals surface area contributed by atoms with E-state index in [4.69, 9.17) is 18.9 Å². The molecule has 2 aromatic heterocycles. The molecule has 11 heteroatoms. The average molecular weight is 452 g/mol. The van der Waals surface area contributed by atoms with Crippen molar-refractivity contribution in [2.24, 2.45) is 0 Å². The van der Waals surface area contributed by atoms with Gasteiger partial charge in [0.05, 0.1) is 21.3 Å². The van der Waals surface area contributed by atoms with E-state index in [1.54, 1.807) is 71.7 Å². The molecule has 172 valence electrons. The zero-order chi connectivity index (χ0) is 23.6. The largest absolute Gasteiger partial charge is 0.493 e. The van der Waals surface area contributed by atoms with Gasteiger partial charge in [-0.05, 0) is 32.0 Å². The highest BCUT2D eigenvalue weighted by molar-refractivity contribution is 5.99. The Bertz CT molecular complexity index is 1170. The lowest BCUT2D eigenvalue weighted by atomic mass is 10.1. The van der Waals surface area contributed by atoms with Gasteiger partial charge in [0.25, 0.3) is 5.91 Å². The highest BCUT2D eigenvalue weighted by Crippen LogP contribution is 2.40. The van der Waals surface area contributed by atoms with Gasteiger partial charge in [0.15, 0.2) is 28.7 Å². The van der Waals surface area contributed by atoms with Crippen LogP contribution in [0.2, 0.25) is 0 Å². The molecule has 1 amide bonds. The number of ether oxygens (including phenoxy) is 4. The van der Waals surface area contributed by atoms with Gasteiger partial charge in [0.1, 0.15) is 11.6 Å². The maximum absolute atomic E-state index is 12.1. The predicted octanol–water partition coefficient (Wildman–Crippen LogP) is 3.49. The summed E-state index contributed by atoms with van der Waals surface area (Å²) in [5.74, 6) is 3.37. The summed E-state index contributed by atoms with van der Waals surface area (Å²) in [5.41, 5.74) is -0.306. The lowest BCUT2D eigenvalue weighted by molar-refractivity contribution is -0.129. The number of carbonyl (C=O) groups is 1. The molecular weight excluding hydrogens is 428 g/mol. The van der Waals surface area contributed by atoms with E-state index < -0.39 is 5.60 Å². The van der Waals surface area contributed by atoms with Crippen LogP contribution in [0.15, 0.2) is 36.5 Å². The minimum atomic E-state index is -0.955. The van der Waals surface area contributed by atoms with Crippen LogP contribution in [0.25, 0.3) is 0 Å². The zero-order valence-corrected chi connectivity index (χ0v) is 18.8. The molecule has 3 heterocycles. The van der Waals surface area contributed by atoms with Gasteiger partial charge in [0.2, 0.25) is 11.7 Å². The molecule has 0 atom stereocenters. The molecule has 3 N–H and O–H groups in total. The Labute approximate surface area is 190 Å². The molecular formula is C22H24N6O5. The van der Waals surface area contributed by atoms with Crippen LogP contribution in [-0.4, -0.2) is 47.8 Å². The Morgan fingerprint density at radius 1 is 0.939 bits per heavy atom. The van der Waals surface area contributed by atoms with E-state index in [-0.39, 0.29) is 5.91 Å². The predicted molar refractivity (Wildman–Crippen MR) is 122 cm³/mol. The summed E-state index contributed by atoms with van der Waals surface area (Å²) < 4.78 is 21.8. The van der Waals surface area contributed by atoms with Gasteiger partial charge in [-0.2, -0.15) is 4.98 Å². The van der Waals surface area contributed by atoms with E-state index in [9.17, 15) is 4.79 Å². The quantitative estimate of drug-likeness (QED) is 0.490. The van der Waals surface area contributed by atoms with Crippen LogP contribution in [0, 0.1) is 0 Å². The van der Waals surface area contributed by atoms with Crippen molar-refractivity contribution >= 4 is 35.0 Å². The molecule has 1 aromatic carbocycles. The monoisotopic (exact) mass is 452 g/mol. The summed E-state index contributed by atoms with van der Waals surface area (Å²) in [7, 11) is 4.63. The van der Waals surface area contributed by atoms with E-state index in [1.165, 1.54) is 0 Å². The highest BCUT2D eigenvalue weighted by Gasteiger charge is 2.36. The van der Waals surface area contributed by atoms with Crippen LogP contribution in [0.5, 0.6) is 23.0 Å². The number of pyridine rings is 1. The summed E-state index contributed by atoms with van der Waals surface area (Å²) >= 11 is 0. The number of fused-ring (bicyclic) bond motifs is 1. The number of rotatable bonds is 7. The number of anilines is 5. The van der Waals surface area contributed by atoms with Gasteiger partial charge in [-0.1, -0.05) is 0 Å². The maximum Gasteiger partial charge on any atom is 0.269 e. The molecule has 4 rings (SSSR count). The molecule has 0 fully saturated rings. The fraction of sp³-hybridized carbons (Fsp3) is 0.273. The second kappa shape index (κ2) is 8.69. The second-order valence-corrected chi connectivity index (χ2v) is 7.54. The molecule has 33 heavy (non-hydrogen) atoms. The summed E-state index contributed by atoms with van der Waals surface area (Å²) in [6.45, 7) is 3.39. The van der Waals surface area contributed by atoms with Gasteiger partial charge in [-0.25, -0.2) is 9.97 Å². The van der Waals surface area contributed by atoms with Gasteiger partial charge in [0, 0.05) is 24.0 Å². The lowest BCUT2D eigenvalue weighted by Crippen LogP contribution is -2.46. The Balaban J connectivity index is 1.54. The number of hydrogen-bond donors (Lipinski definition) is 3.